The Kier molecular flexibility index (Phi) is 10.5. The SMILES string of the molecule is CCN(CC)CCCN1CCc2nccc(OC3CC4(C3)CN(c3ncncc3Oc3ccc(F)cc3C(=O)N(CC)C(C)C)C4)c2C1. The molecule has 258 valence electrons. The van der Waals surface area contributed by atoms with Crippen LogP contribution in [0.1, 0.15) is 75.5 Å². The van der Waals surface area contributed by atoms with Crippen molar-refractivity contribution in [3.05, 3.63) is 65.6 Å². The van der Waals surface area contributed by atoms with Gasteiger partial charge in [-0.3, -0.25) is 14.7 Å². The van der Waals surface area contributed by atoms with Crippen LogP contribution in [0.3, 0.4) is 0 Å². The van der Waals surface area contributed by atoms with E-state index in [4.69, 9.17) is 14.5 Å². The molecule has 4 heterocycles. The van der Waals surface area contributed by atoms with E-state index in [1.54, 1.807) is 11.1 Å². The van der Waals surface area contributed by atoms with E-state index in [-0.39, 0.29) is 34.8 Å². The molecule has 0 bridgehead atoms. The number of anilines is 1. The van der Waals surface area contributed by atoms with Crippen molar-refractivity contribution in [1.82, 2.24) is 29.7 Å². The lowest BCUT2D eigenvalue weighted by molar-refractivity contribution is -0.0352. The molecule has 10 nitrogen and oxygen atoms in total. The van der Waals surface area contributed by atoms with Crippen molar-refractivity contribution in [3.8, 4) is 17.2 Å². The van der Waals surface area contributed by atoms with Gasteiger partial charge in [0, 0.05) is 68.1 Å². The lowest BCUT2D eigenvalue weighted by Gasteiger charge is -2.59. The van der Waals surface area contributed by atoms with Crippen molar-refractivity contribution < 1.29 is 18.7 Å². The molecule has 11 heteroatoms. The van der Waals surface area contributed by atoms with Gasteiger partial charge < -0.3 is 24.2 Å². The summed E-state index contributed by atoms with van der Waals surface area (Å²) in [5.41, 5.74) is 2.78. The van der Waals surface area contributed by atoms with Crippen molar-refractivity contribution in [2.75, 3.05) is 57.3 Å². The molecule has 0 unspecified atom stereocenters. The fraction of sp³-hybridized carbons (Fsp3) is 0.568. The molecule has 1 aromatic carbocycles. The van der Waals surface area contributed by atoms with Gasteiger partial charge in [-0.15, -0.1) is 0 Å². The van der Waals surface area contributed by atoms with Crippen LogP contribution in [-0.4, -0.2) is 100 Å². The lowest BCUT2D eigenvalue weighted by atomic mass is 9.61. The van der Waals surface area contributed by atoms with Crippen LogP contribution in [0.4, 0.5) is 10.2 Å². The highest BCUT2D eigenvalue weighted by molar-refractivity contribution is 5.97. The molecule has 1 saturated carbocycles. The number of carbonyl (C=O) groups excluding carboxylic acids is 1. The Hall–Kier alpha value is -3.83. The zero-order valence-electron chi connectivity index (χ0n) is 29.1. The minimum Gasteiger partial charge on any atom is -0.490 e. The van der Waals surface area contributed by atoms with Gasteiger partial charge in [-0.1, -0.05) is 13.8 Å². The Morgan fingerprint density at radius 3 is 2.58 bits per heavy atom. The topological polar surface area (TPSA) is 87.2 Å². The summed E-state index contributed by atoms with van der Waals surface area (Å²) in [7, 11) is 0. The molecular formula is C37H50FN7O3. The molecule has 1 amide bonds. The highest BCUT2D eigenvalue weighted by Crippen LogP contribution is 2.52. The summed E-state index contributed by atoms with van der Waals surface area (Å²) in [5, 5.41) is 0. The summed E-state index contributed by atoms with van der Waals surface area (Å²) in [4.78, 5) is 35.7. The van der Waals surface area contributed by atoms with Crippen LogP contribution in [0.25, 0.3) is 0 Å². The molecule has 0 N–H and O–H groups in total. The normalized spacial score (nSPS) is 17.3. The first-order valence-corrected chi connectivity index (χ1v) is 17.6. The summed E-state index contributed by atoms with van der Waals surface area (Å²) in [6.07, 6.45) is 9.28. The third-order valence-electron chi connectivity index (χ3n) is 10.2. The Morgan fingerprint density at radius 2 is 1.85 bits per heavy atom. The van der Waals surface area contributed by atoms with Gasteiger partial charge in [0.15, 0.2) is 11.6 Å². The van der Waals surface area contributed by atoms with Gasteiger partial charge >= 0.3 is 0 Å². The molecule has 2 aromatic heterocycles. The summed E-state index contributed by atoms with van der Waals surface area (Å²) >= 11 is 0. The van der Waals surface area contributed by atoms with Gasteiger partial charge in [-0.2, -0.15) is 0 Å². The first-order chi connectivity index (χ1) is 23.2. The Bertz CT molecular complexity index is 1570. The lowest BCUT2D eigenvalue weighted by Crippen LogP contribution is -2.65. The van der Waals surface area contributed by atoms with E-state index in [0.29, 0.717) is 18.1 Å². The highest BCUT2D eigenvalue weighted by atomic mass is 19.1. The molecule has 0 atom stereocenters. The van der Waals surface area contributed by atoms with Gasteiger partial charge in [0.2, 0.25) is 0 Å². The fourth-order valence-electron chi connectivity index (χ4n) is 7.56. The minimum atomic E-state index is -0.489. The van der Waals surface area contributed by atoms with Crippen molar-refractivity contribution in [3.63, 3.8) is 0 Å². The second kappa shape index (κ2) is 14.7. The largest absolute Gasteiger partial charge is 0.490 e. The number of carbonyl (C=O) groups is 1. The zero-order valence-corrected chi connectivity index (χ0v) is 29.1. The highest BCUT2D eigenvalue weighted by Gasteiger charge is 2.54. The molecule has 1 saturated heterocycles. The molecule has 6 rings (SSSR count). The Morgan fingerprint density at radius 1 is 1.06 bits per heavy atom. The number of benzene rings is 1. The number of hydrogen-bond acceptors (Lipinski definition) is 9. The maximum Gasteiger partial charge on any atom is 0.257 e. The molecule has 0 radical (unpaired) electrons. The van der Waals surface area contributed by atoms with Crippen molar-refractivity contribution >= 4 is 11.7 Å². The predicted molar refractivity (Wildman–Crippen MR) is 184 cm³/mol. The smallest absolute Gasteiger partial charge is 0.257 e. The molecule has 48 heavy (non-hydrogen) atoms. The number of ether oxygens (including phenoxy) is 2. The van der Waals surface area contributed by atoms with E-state index < -0.39 is 5.82 Å². The van der Waals surface area contributed by atoms with Crippen LogP contribution in [0.15, 0.2) is 43.0 Å². The molecule has 2 fully saturated rings. The van der Waals surface area contributed by atoms with Gasteiger partial charge in [0.25, 0.3) is 5.91 Å². The van der Waals surface area contributed by atoms with Crippen LogP contribution in [-0.2, 0) is 13.0 Å². The maximum atomic E-state index is 14.3. The molecule has 3 aromatic rings. The van der Waals surface area contributed by atoms with E-state index in [1.807, 2.05) is 33.0 Å². The van der Waals surface area contributed by atoms with Crippen LogP contribution in [0, 0.1) is 11.2 Å². The van der Waals surface area contributed by atoms with Gasteiger partial charge in [-0.25, -0.2) is 14.4 Å². The molecule has 1 spiro atoms. The number of nitrogens with zero attached hydrogens (tertiary/aromatic N) is 7. The average Bonchev–Trinajstić information content (AvgIpc) is 3.05. The first kappa shape index (κ1) is 34.0. The average molecular weight is 660 g/mol. The second-order valence-electron chi connectivity index (χ2n) is 13.8. The summed E-state index contributed by atoms with van der Waals surface area (Å²) in [6, 6.07) is 6.05. The van der Waals surface area contributed by atoms with Crippen LogP contribution in [0.2, 0.25) is 0 Å². The van der Waals surface area contributed by atoms with Gasteiger partial charge in [0.1, 0.15) is 29.7 Å². The fourth-order valence-corrected chi connectivity index (χ4v) is 7.56. The predicted octanol–water partition coefficient (Wildman–Crippen LogP) is 5.81. The van der Waals surface area contributed by atoms with E-state index in [9.17, 15) is 9.18 Å². The quantitative estimate of drug-likeness (QED) is 0.213. The van der Waals surface area contributed by atoms with Gasteiger partial charge in [0.05, 0.1) is 11.8 Å². The summed E-state index contributed by atoms with van der Waals surface area (Å²) in [5.74, 6) is 1.62. The van der Waals surface area contributed by atoms with E-state index in [1.165, 1.54) is 42.2 Å². The van der Waals surface area contributed by atoms with Crippen molar-refractivity contribution in [2.24, 2.45) is 5.41 Å². The number of amides is 1. The van der Waals surface area contributed by atoms with Crippen LogP contribution < -0.4 is 14.4 Å². The van der Waals surface area contributed by atoms with Gasteiger partial charge in [-0.05, 0) is 90.5 Å². The van der Waals surface area contributed by atoms with E-state index in [2.05, 4.69) is 38.5 Å². The number of pyridine rings is 1. The summed E-state index contributed by atoms with van der Waals surface area (Å²) in [6.45, 7) is 18.8. The zero-order chi connectivity index (χ0) is 33.8. The Labute approximate surface area is 284 Å². The number of rotatable bonds is 14. The van der Waals surface area contributed by atoms with Crippen LogP contribution in [0.5, 0.6) is 17.2 Å². The first-order valence-electron chi connectivity index (χ1n) is 17.6. The Balaban J connectivity index is 1.06. The maximum absolute atomic E-state index is 14.3. The number of halogens is 1. The molecule has 2 aliphatic heterocycles. The number of aromatic nitrogens is 3. The molecule has 1 aliphatic carbocycles. The van der Waals surface area contributed by atoms with Crippen molar-refractivity contribution in [1.29, 1.82) is 0 Å². The van der Waals surface area contributed by atoms with Crippen LogP contribution >= 0.6 is 0 Å². The third kappa shape index (κ3) is 7.27. The van der Waals surface area contributed by atoms with E-state index in [0.717, 1.165) is 77.4 Å². The summed E-state index contributed by atoms with van der Waals surface area (Å²) < 4.78 is 27.2. The number of fused-ring (bicyclic) bond motifs is 1. The molecule has 3 aliphatic rings. The molecular weight excluding hydrogens is 609 g/mol. The standard InChI is InChI=1S/C37H50FN7O3/c1-6-42(7-2)15-9-16-43-17-13-31-30(22-43)33(12-14-40-31)47-28-19-37(20-28)23-44(24-37)35-34(21-39-25-41-35)48-32-11-10-27(38)18-29(32)36(46)45(8-3)26(4)5/h10-12,14,18,21,25-26,28H,6-9,13,15-17,19-20,22-24H2,1-5H3. The minimum absolute atomic E-state index is 0.0342. The monoisotopic (exact) mass is 659 g/mol. The van der Waals surface area contributed by atoms with Crippen molar-refractivity contribution in [2.45, 2.75) is 79.0 Å². The van der Waals surface area contributed by atoms with E-state index >= 15 is 0 Å². The number of hydrogen-bond donors (Lipinski definition) is 0. The third-order valence-corrected chi connectivity index (χ3v) is 10.2. The second-order valence-corrected chi connectivity index (χ2v) is 13.8.